The first-order chi connectivity index (χ1) is 16.0. The molecule has 10 heteroatoms. The van der Waals surface area contributed by atoms with Crippen LogP contribution in [-0.4, -0.2) is 60.0 Å². The van der Waals surface area contributed by atoms with Crippen LogP contribution in [0.4, 0.5) is 10.2 Å². The van der Waals surface area contributed by atoms with Gasteiger partial charge in [-0.3, -0.25) is 4.79 Å². The molecule has 0 bridgehead atoms. The van der Waals surface area contributed by atoms with Crippen molar-refractivity contribution in [2.45, 2.75) is 44.2 Å². The van der Waals surface area contributed by atoms with E-state index in [9.17, 15) is 9.18 Å². The lowest BCUT2D eigenvalue weighted by molar-refractivity contribution is -0.133. The van der Waals surface area contributed by atoms with Gasteiger partial charge in [0.15, 0.2) is 0 Å². The van der Waals surface area contributed by atoms with E-state index < -0.39 is 6.17 Å². The van der Waals surface area contributed by atoms with E-state index in [1.807, 2.05) is 36.1 Å². The van der Waals surface area contributed by atoms with Gasteiger partial charge in [-0.1, -0.05) is 30.7 Å². The third-order valence-electron chi connectivity index (χ3n) is 7.18. The Morgan fingerprint density at radius 2 is 1.83 bits per heavy atom. The van der Waals surface area contributed by atoms with Gasteiger partial charge in [-0.2, -0.15) is 0 Å². The molecule has 192 valence electrons. The molecule has 2 fully saturated rings. The highest BCUT2D eigenvalue weighted by Gasteiger charge is 2.36. The number of benzene rings is 1. The topological polar surface area (TPSA) is 61.4 Å². The summed E-state index contributed by atoms with van der Waals surface area (Å²) in [6, 6.07) is 7.62. The van der Waals surface area contributed by atoms with Crippen molar-refractivity contribution in [1.82, 2.24) is 20.2 Å². The number of aromatic nitrogens is 2. The van der Waals surface area contributed by atoms with Gasteiger partial charge in [0, 0.05) is 43.3 Å². The molecule has 2 aliphatic carbocycles. The fourth-order valence-electron chi connectivity index (χ4n) is 5.07. The largest absolute Gasteiger partial charge is 0.353 e. The maximum atomic E-state index is 14.3. The molecule has 1 aromatic carbocycles. The molecule has 1 saturated carbocycles. The molecule has 1 aliphatic heterocycles. The molecule has 35 heavy (non-hydrogen) atoms. The summed E-state index contributed by atoms with van der Waals surface area (Å²) in [6.07, 6.45) is 3.49. The average molecular weight is 545 g/mol. The van der Waals surface area contributed by atoms with Crippen LogP contribution in [0.5, 0.6) is 0 Å². The average Bonchev–Trinajstić information content (AvgIpc) is 3.61. The molecule has 5 rings (SSSR count). The van der Waals surface area contributed by atoms with Crippen molar-refractivity contribution in [1.29, 1.82) is 0 Å². The zero-order chi connectivity index (χ0) is 22.9. The highest BCUT2D eigenvalue weighted by molar-refractivity contribution is 6.30. The monoisotopic (exact) mass is 543 g/mol. The first-order valence-electron chi connectivity index (χ1n) is 12.0. The number of nitrogens with one attached hydrogen (secondary N) is 1. The van der Waals surface area contributed by atoms with E-state index in [2.05, 4.69) is 20.2 Å². The summed E-state index contributed by atoms with van der Waals surface area (Å²) in [7, 11) is 0. The van der Waals surface area contributed by atoms with Gasteiger partial charge in [-0.25, -0.2) is 14.4 Å². The quantitative estimate of drug-likeness (QED) is 0.536. The second-order valence-corrected chi connectivity index (χ2v) is 10.1. The van der Waals surface area contributed by atoms with Gasteiger partial charge in [-0.05, 0) is 55.3 Å². The van der Waals surface area contributed by atoms with Crippen LogP contribution in [0, 0.1) is 5.92 Å². The molecule has 1 amide bonds. The second kappa shape index (κ2) is 12.0. The fourth-order valence-corrected chi connectivity index (χ4v) is 5.20. The van der Waals surface area contributed by atoms with Gasteiger partial charge in [0.1, 0.15) is 18.3 Å². The number of rotatable bonds is 7. The third kappa shape index (κ3) is 6.19. The Morgan fingerprint density at radius 3 is 2.49 bits per heavy atom. The van der Waals surface area contributed by atoms with E-state index in [4.69, 9.17) is 11.6 Å². The summed E-state index contributed by atoms with van der Waals surface area (Å²) in [5.74, 6) is 1.61. The highest BCUT2D eigenvalue weighted by Crippen LogP contribution is 2.44. The lowest BCUT2D eigenvalue weighted by Crippen LogP contribution is -2.51. The number of anilines is 1. The van der Waals surface area contributed by atoms with E-state index in [-0.39, 0.29) is 42.6 Å². The SMILES string of the molecule is C[C@@H]1C[C@@H](F)c2ncnc(N3CCN(C(=O)C(CNCC4CC4)c4ccc(Cl)cc4)CC3)c21.Cl.Cl. The van der Waals surface area contributed by atoms with E-state index in [1.54, 1.807) is 0 Å². The number of alkyl halides is 1. The molecule has 3 atom stereocenters. The van der Waals surface area contributed by atoms with Crippen LogP contribution in [0.1, 0.15) is 61.0 Å². The smallest absolute Gasteiger partial charge is 0.231 e. The number of carbonyl (C=O) groups excluding carboxylic acids is 1. The predicted octanol–water partition coefficient (Wildman–Crippen LogP) is 4.92. The molecule has 3 aliphatic rings. The number of halogens is 4. The number of nitrogens with zero attached hydrogens (tertiary/aromatic N) is 4. The van der Waals surface area contributed by atoms with Gasteiger partial charge in [-0.15, -0.1) is 24.8 Å². The van der Waals surface area contributed by atoms with Crippen LogP contribution in [-0.2, 0) is 4.79 Å². The van der Waals surface area contributed by atoms with Crippen LogP contribution in [0.15, 0.2) is 30.6 Å². The molecular weight excluding hydrogens is 512 g/mol. The Labute approximate surface area is 223 Å². The maximum Gasteiger partial charge on any atom is 0.231 e. The molecule has 1 saturated heterocycles. The second-order valence-electron chi connectivity index (χ2n) is 9.62. The van der Waals surface area contributed by atoms with Gasteiger partial charge in [0.05, 0.1) is 11.6 Å². The van der Waals surface area contributed by atoms with Gasteiger partial charge in [0.25, 0.3) is 0 Å². The highest BCUT2D eigenvalue weighted by atomic mass is 35.5. The van der Waals surface area contributed by atoms with Crippen LogP contribution in [0.3, 0.4) is 0 Å². The van der Waals surface area contributed by atoms with Crippen LogP contribution in [0.25, 0.3) is 0 Å². The zero-order valence-electron chi connectivity index (χ0n) is 19.8. The Hall–Kier alpha value is -1.67. The van der Waals surface area contributed by atoms with Crippen molar-refractivity contribution in [3.8, 4) is 0 Å². The summed E-state index contributed by atoms with van der Waals surface area (Å²) in [5.41, 5.74) is 2.47. The predicted molar refractivity (Wildman–Crippen MR) is 142 cm³/mol. The maximum absolute atomic E-state index is 14.3. The van der Waals surface area contributed by atoms with Crippen molar-refractivity contribution in [3.05, 3.63) is 52.4 Å². The molecule has 2 aromatic rings. The molecule has 2 heterocycles. The van der Waals surface area contributed by atoms with E-state index >= 15 is 0 Å². The first kappa shape index (κ1) is 27.9. The van der Waals surface area contributed by atoms with E-state index in [1.165, 1.54) is 19.2 Å². The minimum atomic E-state index is -1.01. The number of piperazine rings is 1. The zero-order valence-corrected chi connectivity index (χ0v) is 22.2. The van der Waals surface area contributed by atoms with Gasteiger partial charge in [0.2, 0.25) is 5.91 Å². The minimum absolute atomic E-state index is 0. The Kier molecular flexibility index (Phi) is 9.60. The Bertz CT molecular complexity index is 999. The van der Waals surface area contributed by atoms with E-state index in [0.717, 1.165) is 29.4 Å². The van der Waals surface area contributed by atoms with Crippen molar-refractivity contribution in [3.63, 3.8) is 0 Å². The number of fused-ring (bicyclic) bond motifs is 1. The molecule has 1 N–H and O–H groups in total. The summed E-state index contributed by atoms with van der Waals surface area (Å²) in [6.45, 7) is 6.25. The normalized spacial score (nSPS) is 22.1. The molecule has 1 unspecified atom stereocenters. The lowest BCUT2D eigenvalue weighted by atomic mass is 9.97. The van der Waals surface area contributed by atoms with E-state index in [0.29, 0.717) is 49.9 Å². The summed E-state index contributed by atoms with van der Waals surface area (Å²) in [5, 5.41) is 4.18. The third-order valence-corrected chi connectivity index (χ3v) is 7.44. The first-order valence-corrected chi connectivity index (χ1v) is 12.4. The summed E-state index contributed by atoms with van der Waals surface area (Å²) >= 11 is 6.08. The number of hydrogen-bond donors (Lipinski definition) is 1. The lowest BCUT2D eigenvalue weighted by Gasteiger charge is -2.38. The van der Waals surface area contributed by atoms with Crippen LogP contribution < -0.4 is 10.2 Å². The van der Waals surface area contributed by atoms with Crippen molar-refractivity contribution >= 4 is 48.1 Å². The van der Waals surface area contributed by atoms with Gasteiger partial charge >= 0.3 is 0 Å². The van der Waals surface area contributed by atoms with Crippen molar-refractivity contribution in [2.75, 3.05) is 44.2 Å². The number of carbonyl (C=O) groups is 1. The Morgan fingerprint density at radius 1 is 1.14 bits per heavy atom. The standard InChI is InChI=1S/C25H31ClFN5O.2ClH/c1-16-12-21(27)23-22(16)24(30-15-29-23)31-8-10-32(11-9-31)25(33)20(14-28-13-17-2-3-17)18-4-6-19(26)7-5-18;;/h4-7,15-17,20-21,28H,2-3,8-14H2,1H3;2*1H/t16-,20?,21-;;/m1../s1. The number of hydrogen-bond acceptors (Lipinski definition) is 5. The molecular formula is C25H33Cl3FN5O. The molecule has 0 spiro atoms. The molecule has 6 nitrogen and oxygen atoms in total. The van der Waals surface area contributed by atoms with Crippen LogP contribution >= 0.6 is 36.4 Å². The fraction of sp³-hybridized carbons (Fsp3) is 0.560. The Balaban J connectivity index is 0.00000171. The van der Waals surface area contributed by atoms with Crippen LogP contribution in [0.2, 0.25) is 5.02 Å². The van der Waals surface area contributed by atoms with Gasteiger partial charge < -0.3 is 15.1 Å². The summed E-state index contributed by atoms with van der Waals surface area (Å²) in [4.78, 5) is 26.4. The van der Waals surface area contributed by atoms with Crippen molar-refractivity contribution < 1.29 is 9.18 Å². The summed E-state index contributed by atoms with van der Waals surface area (Å²) < 4.78 is 14.3. The van der Waals surface area contributed by atoms with Crippen molar-refractivity contribution in [2.24, 2.45) is 5.92 Å². The molecule has 1 aromatic heterocycles. The molecule has 0 radical (unpaired) electrons. The minimum Gasteiger partial charge on any atom is -0.353 e. The number of amides is 1.